The fourth-order valence-electron chi connectivity index (χ4n) is 2.29. The first kappa shape index (κ1) is 19.2. The highest BCUT2D eigenvalue weighted by atomic mass is 35.5. The van der Waals surface area contributed by atoms with Crippen LogP contribution < -0.4 is 0 Å². The Morgan fingerprint density at radius 1 is 1.29 bits per heavy atom. The van der Waals surface area contributed by atoms with Gasteiger partial charge in [0.15, 0.2) is 0 Å². The molecule has 0 spiro atoms. The van der Waals surface area contributed by atoms with Gasteiger partial charge in [-0.25, -0.2) is 4.98 Å². The molecule has 130 valence electrons. The minimum absolute atomic E-state index is 0.166. The van der Waals surface area contributed by atoms with E-state index in [0.29, 0.717) is 10.0 Å². The molecule has 0 atom stereocenters. The van der Waals surface area contributed by atoms with Crippen LogP contribution in [0.3, 0.4) is 0 Å². The number of halogens is 2. The van der Waals surface area contributed by atoms with E-state index in [-0.39, 0.29) is 18.5 Å². The summed E-state index contributed by atoms with van der Waals surface area (Å²) in [6, 6.07) is 5.46. The molecule has 0 unspecified atom stereocenters. The lowest BCUT2D eigenvalue weighted by Gasteiger charge is -2.11. The molecule has 1 heterocycles. The molecular formula is C17H20Cl2N2O2S. The van der Waals surface area contributed by atoms with Crippen LogP contribution in [0.5, 0.6) is 0 Å². The highest BCUT2D eigenvalue weighted by Crippen LogP contribution is 2.37. The van der Waals surface area contributed by atoms with E-state index in [1.807, 2.05) is 19.1 Å². The van der Waals surface area contributed by atoms with Crippen LogP contribution in [0.4, 0.5) is 0 Å². The predicted octanol–water partition coefficient (Wildman–Crippen LogP) is 5.55. The number of imidazole rings is 1. The number of hydrogen-bond acceptors (Lipinski definition) is 4. The highest BCUT2D eigenvalue weighted by molar-refractivity contribution is 7.99. The Balaban J connectivity index is 2.43. The fourth-order valence-corrected chi connectivity index (χ4v) is 4.27. The minimum atomic E-state index is -0.317. The number of rotatable bonds is 6. The van der Waals surface area contributed by atoms with Gasteiger partial charge in [-0.15, -0.1) is 0 Å². The smallest absolute Gasteiger partial charge is 0.303 e. The molecule has 0 bridgehead atoms. The summed E-state index contributed by atoms with van der Waals surface area (Å²) in [6.07, 6.45) is 0. The molecule has 24 heavy (non-hydrogen) atoms. The van der Waals surface area contributed by atoms with Crippen LogP contribution in [-0.4, -0.2) is 15.5 Å². The molecule has 4 nitrogen and oxygen atoms in total. The summed E-state index contributed by atoms with van der Waals surface area (Å²) in [5.41, 5.74) is 0.972. The average Bonchev–Trinajstić information content (AvgIpc) is 2.81. The first-order chi connectivity index (χ1) is 11.3. The SMILES string of the molecule is CCn1c(COC(C)=O)nc(C(C)C)c1Sc1cc(Cl)cc(Cl)c1. The van der Waals surface area contributed by atoms with Crippen LogP contribution in [0.2, 0.25) is 10.0 Å². The van der Waals surface area contributed by atoms with Crippen molar-refractivity contribution in [1.82, 2.24) is 9.55 Å². The second kappa shape index (κ2) is 8.28. The average molecular weight is 387 g/mol. The molecule has 0 radical (unpaired) electrons. The molecule has 0 saturated carbocycles. The van der Waals surface area contributed by atoms with E-state index in [0.717, 1.165) is 28.0 Å². The van der Waals surface area contributed by atoms with Crippen molar-refractivity contribution in [3.63, 3.8) is 0 Å². The van der Waals surface area contributed by atoms with Crippen LogP contribution in [0, 0.1) is 0 Å². The second-order valence-corrected chi connectivity index (χ2v) is 7.54. The van der Waals surface area contributed by atoms with Crippen molar-refractivity contribution >= 4 is 40.9 Å². The van der Waals surface area contributed by atoms with Gasteiger partial charge >= 0.3 is 5.97 Å². The Hall–Kier alpha value is -1.17. The van der Waals surface area contributed by atoms with E-state index in [1.165, 1.54) is 6.92 Å². The molecule has 0 aliphatic heterocycles. The summed E-state index contributed by atoms with van der Waals surface area (Å²) in [7, 11) is 0. The molecule has 0 amide bonds. The maximum atomic E-state index is 11.1. The van der Waals surface area contributed by atoms with Crippen molar-refractivity contribution in [1.29, 1.82) is 0 Å². The van der Waals surface area contributed by atoms with Crippen molar-refractivity contribution in [3.05, 3.63) is 39.8 Å². The topological polar surface area (TPSA) is 44.1 Å². The molecule has 7 heteroatoms. The molecule has 0 aliphatic rings. The number of benzene rings is 1. The zero-order chi connectivity index (χ0) is 17.9. The van der Waals surface area contributed by atoms with E-state index < -0.39 is 0 Å². The first-order valence-corrected chi connectivity index (χ1v) is 9.25. The van der Waals surface area contributed by atoms with Gasteiger partial charge in [0.2, 0.25) is 0 Å². The lowest BCUT2D eigenvalue weighted by molar-refractivity contribution is -0.142. The number of ether oxygens (including phenoxy) is 1. The van der Waals surface area contributed by atoms with Crippen LogP contribution >= 0.6 is 35.0 Å². The van der Waals surface area contributed by atoms with Gasteiger partial charge in [-0.3, -0.25) is 4.79 Å². The summed E-state index contributed by atoms with van der Waals surface area (Å²) in [5, 5.41) is 2.21. The Kier molecular flexibility index (Phi) is 6.61. The molecule has 0 fully saturated rings. The van der Waals surface area contributed by atoms with Gasteiger partial charge in [-0.1, -0.05) is 48.8 Å². The largest absolute Gasteiger partial charge is 0.458 e. The van der Waals surface area contributed by atoms with Crippen molar-refractivity contribution in [3.8, 4) is 0 Å². The van der Waals surface area contributed by atoms with Gasteiger partial charge in [0.1, 0.15) is 17.5 Å². The van der Waals surface area contributed by atoms with Gasteiger partial charge in [0.05, 0.1) is 5.69 Å². The Morgan fingerprint density at radius 2 is 1.92 bits per heavy atom. The fraction of sp³-hybridized carbons (Fsp3) is 0.412. The summed E-state index contributed by atoms with van der Waals surface area (Å²) in [5.74, 6) is 0.667. The maximum absolute atomic E-state index is 11.1. The van der Waals surface area contributed by atoms with Crippen molar-refractivity contribution in [2.75, 3.05) is 0 Å². The van der Waals surface area contributed by atoms with Gasteiger partial charge in [0.25, 0.3) is 0 Å². The van der Waals surface area contributed by atoms with Crippen molar-refractivity contribution in [2.45, 2.75) is 56.7 Å². The summed E-state index contributed by atoms with van der Waals surface area (Å²) in [4.78, 5) is 16.8. The highest BCUT2D eigenvalue weighted by Gasteiger charge is 2.20. The minimum Gasteiger partial charge on any atom is -0.458 e. The van der Waals surface area contributed by atoms with E-state index in [4.69, 9.17) is 32.9 Å². The molecule has 2 aromatic rings. The molecule has 0 aliphatic carbocycles. The molecule has 1 aromatic heterocycles. The third kappa shape index (κ3) is 4.68. The third-order valence-electron chi connectivity index (χ3n) is 3.34. The number of esters is 1. The Bertz CT molecular complexity index is 724. The third-order valence-corrected chi connectivity index (χ3v) is 4.87. The van der Waals surface area contributed by atoms with E-state index in [1.54, 1.807) is 17.8 Å². The van der Waals surface area contributed by atoms with Crippen molar-refractivity contribution < 1.29 is 9.53 Å². The predicted molar refractivity (Wildman–Crippen MR) is 98.0 cm³/mol. The van der Waals surface area contributed by atoms with Gasteiger partial charge in [-0.05, 0) is 31.0 Å². The second-order valence-electron chi connectivity index (χ2n) is 5.60. The Labute approximate surface area is 156 Å². The quantitative estimate of drug-likeness (QED) is 0.610. The van der Waals surface area contributed by atoms with E-state index >= 15 is 0 Å². The number of hydrogen-bond donors (Lipinski definition) is 0. The van der Waals surface area contributed by atoms with Gasteiger partial charge in [-0.2, -0.15) is 0 Å². The summed E-state index contributed by atoms with van der Waals surface area (Å²) in [6.45, 7) is 8.51. The lowest BCUT2D eigenvalue weighted by atomic mass is 10.1. The number of carbonyl (C=O) groups is 1. The number of carbonyl (C=O) groups excluding carboxylic acids is 1. The van der Waals surface area contributed by atoms with E-state index in [2.05, 4.69) is 18.4 Å². The molecule has 0 saturated heterocycles. The monoisotopic (exact) mass is 386 g/mol. The molecule has 0 N–H and O–H groups in total. The summed E-state index contributed by atoms with van der Waals surface area (Å²) < 4.78 is 7.20. The first-order valence-electron chi connectivity index (χ1n) is 7.68. The van der Waals surface area contributed by atoms with Gasteiger partial charge in [0, 0.05) is 28.4 Å². The molecule has 2 rings (SSSR count). The summed E-state index contributed by atoms with van der Waals surface area (Å²) >= 11 is 13.8. The lowest BCUT2D eigenvalue weighted by Crippen LogP contribution is -2.07. The molecular weight excluding hydrogens is 367 g/mol. The van der Waals surface area contributed by atoms with Crippen molar-refractivity contribution in [2.24, 2.45) is 0 Å². The van der Waals surface area contributed by atoms with Crippen LogP contribution in [0.25, 0.3) is 0 Å². The zero-order valence-electron chi connectivity index (χ0n) is 14.1. The zero-order valence-corrected chi connectivity index (χ0v) is 16.4. The van der Waals surface area contributed by atoms with E-state index in [9.17, 15) is 4.79 Å². The number of nitrogens with zero attached hydrogens (tertiary/aromatic N) is 2. The number of aromatic nitrogens is 2. The molecule has 1 aromatic carbocycles. The van der Waals surface area contributed by atoms with Crippen LogP contribution in [0.15, 0.2) is 28.1 Å². The van der Waals surface area contributed by atoms with Crippen LogP contribution in [-0.2, 0) is 22.7 Å². The normalized spacial score (nSPS) is 11.1. The maximum Gasteiger partial charge on any atom is 0.303 e. The van der Waals surface area contributed by atoms with Gasteiger partial charge < -0.3 is 9.30 Å². The standard InChI is InChI=1S/C17H20Cl2N2O2S/c1-5-21-15(9-23-11(4)22)20-16(10(2)3)17(21)24-14-7-12(18)6-13(19)8-14/h6-8,10H,5,9H2,1-4H3. The van der Waals surface area contributed by atoms with Crippen LogP contribution in [0.1, 0.15) is 45.1 Å². The Morgan fingerprint density at radius 3 is 2.42 bits per heavy atom.